The average molecular weight is 294 g/mol. The third-order valence-electron chi connectivity index (χ3n) is 1.68. The maximum absolute atomic E-state index is 5.03. The molecule has 0 N–H and O–H groups in total. The molecule has 64 valence electrons. The molecule has 2 atom stereocenters. The van der Waals surface area contributed by atoms with Gasteiger partial charge in [0.05, 0.1) is 4.83 Å². The predicted molar refractivity (Wildman–Crippen MR) is 52.5 cm³/mol. The second kappa shape index (κ2) is 3.36. The van der Waals surface area contributed by atoms with E-state index < -0.39 is 0 Å². The van der Waals surface area contributed by atoms with Crippen LogP contribution in [0.3, 0.4) is 0 Å². The van der Waals surface area contributed by atoms with E-state index in [1.54, 1.807) is 0 Å². The van der Waals surface area contributed by atoms with Crippen molar-refractivity contribution in [2.75, 3.05) is 0 Å². The molecule has 0 saturated carbocycles. The van der Waals surface area contributed by atoms with Crippen molar-refractivity contribution in [2.24, 2.45) is 0 Å². The topological polar surface area (TPSA) is 18.5 Å². The van der Waals surface area contributed by atoms with E-state index >= 15 is 0 Å². The van der Waals surface area contributed by atoms with Crippen LogP contribution in [0.5, 0.6) is 5.75 Å². The highest BCUT2D eigenvalue weighted by Gasteiger charge is 2.28. The van der Waals surface area contributed by atoms with Gasteiger partial charge in [0.25, 0.3) is 0 Å². The minimum absolute atomic E-state index is 0.132. The number of benzene rings is 1. The maximum atomic E-state index is 5.03. The molecule has 1 heterocycles. The van der Waals surface area contributed by atoms with Crippen LogP contribution in [0, 0.1) is 0 Å². The average Bonchev–Trinajstić information content (AvgIpc) is 2.12. The standard InChI is InChI=1S/C8H6Br2O2/c9-7-5-3-1-2-4-6(5)11-12-8(7)10/h1-4,7-8H. The Labute approximate surface area is 87.0 Å². The molecule has 1 aromatic rings. The number of para-hydroxylation sites is 1. The molecular formula is C8H6Br2O2. The highest BCUT2D eigenvalue weighted by Crippen LogP contribution is 2.40. The largest absolute Gasteiger partial charge is 0.336 e. The first-order valence-electron chi connectivity index (χ1n) is 3.49. The van der Waals surface area contributed by atoms with Gasteiger partial charge in [-0.15, -0.1) is 0 Å². The lowest BCUT2D eigenvalue weighted by molar-refractivity contribution is -0.225. The molecule has 12 heavy (non-hydrogen) atoms. The molecular weight excluding hydrogens is 288 g/mol. The van der Waals surface area contributed by atoms with Crippen molar-refractivity contribution in [3.63, 3.8) is 0 Å². The summed E-state index contributed by atoms with van der Waals surface area (Å²) in [5.74, 6) is 0.773. The zero-order valence-electron chi connectivity index (χ0n) is 6.04. The van der Waals surface area contributed by atoms with Crippen molar-refractivity contribution < 1.29 is 9.78 Å². The van der Waals surface area contributed by atoms with Crippen molar-refractivity contribution in [1.82, 2.24) is 0 Å². The Morgan fingerprint density at radius 2 is 1.92 bits per heavy atom. The van der Waals surface area contributed by atoms with E-state index in [0.29, 0.717) is 0 Å². The van der Waals surface area contributed by atoms with Crippen molar-refractivity contribution in [3.8, 4) is 5.75 Å². The van der Waals surface area contributed by atoms with Gasteiger partial charge < -0.3 is 4.89 Å². The molecule has 0 radical (unpaired) electrons. The van der Waals surface area contributed by atoms with E-state index in [4.69, 9.17) is 9.78 Å². The van der Waals surface area contributed by atoms with Gasteiger partial charge in [0.15, 0.2) is 10.8 Å². The van der Waals surface area contributed by atoms with E-state index in [1.807, 2.05) is 24.3 Å². The van der Waals surface area contributed by atoms with Gasteiger partial charge >= 0.3 is 0 Å². The molecule has 0 amide bonds. The fraction of sp³-hybridized carbons (Fsp3) is 0.250. The zero-order chi connectivity index (χ0) is 8.55. The van der Waals surface area contributed by atoms with Crippen LogP contribution < -0.4 is 4.89 Å². The number of hydrogen-bond donors (Lipinski definition) is 0. The van der Waals surface area contributed by atoms with Crippen molar-refractivity contribution in [2.45, 2.75) is 9.84 Å². The fourth-order valence-electron chi connectivity index (χ4n) is 1.07. The Balaban J connectivity index is 2.42. The van der Waals surface area contributed by atoms with Crippen LogP contribution in [0.25, 0.3) is 0 Å². The summed E-state index contributed by atoms with van der Waals surface area (Å²) in [6, 6.07) is 7.77. The lowest BCUT2D eigenvalue weighted by Gasteiger charge is -2.24. The summed E-state index contributed by atoms with van der Waals surface area (Å²) in [6.07, 6.45) is 0. The molecule has 0 spiro atoms. The molecule has 4 heteroatoms. The SMILES string of the molecule is BrC1OOc2ccccc2C1Br. The van der Waals surface area contributed by atoms with Gasteiger partial charge in [0, 0.05) is 5.56 Å². The first kappa shape index (κ1) is 8.53. The summed E-state index contributed by atoms with van der Waals surface area (Å²) >= 11 is 6.83. The monoisotopic (exact) mass is 292 g/mol. The van der Waals surface area contributed by atoms with E-state index in [1.165, 1.54) is 0 Å². The Hall–Kier alpha value is -0.0600. The van der Waals surface area contributed by atoms with Gasteiger partial charge in [-0.25, -0.2) is 0 Å². The third-order valence-corrected chi connectivity index (χ3v) is 4.04. The highest BCUT2D eigenvalue weighted by atomic mass is 79.9. The van der Waals surface area contributed by atoms with Gasteiger partial charge in [-0.2, -0.15) is 4.89 Å². The quantitative estimate of drug-likeness (QED) is 0.540. The number of hydrogen-bond acceptors (Lipinski definition) is 2. The second-order valence-electron chi connectivity index (χ2n) is 2.47. The van der Waals surface area contributed by atoms with Gasteiger partial charge in [-0.1, -0.05) is 50.1 Å². The molecule has 1 aliphatic heterocycles. The van der Waals surface area contributed by atoms with E-state index in [-0.39, 0.29) is 9.84 Å². The molecule has 1 aliphatic rings. The lowest BCUT2D eigenvalue weighted by atomic mass is 10.1. The molecule has 0 aromatic heterocycles. The van der Waals surface area contributed by atoms with Crippen LogP contribution in [0.15, 0.2) is 24.3 Å². The first-order chi connectivity index (χ1) is 5.79. The summed E-state index contributed by atoms with van der Waals surface area (Å²) in [5, 5.41) is -0.132. The molecule has 0 saturated heterocycles. The predicted octanol–water partition coefficient (Wildman–Crippen LogP) is 3.17. The Bertz CT molecular complexity index is 290. The molecule has 0 aliphatic carbocycles. The summed E-state index contributed by atoms with van der Waals surface area (Å²) < 4.78 is 0. The van der Waals surface area contributed by atoms with E-state index in [9.17, 15) is 0 Å². The number of halogens is 2. The second-order valence-corrected chi connectivity index (χ2v) is 4.36. The van der Waals surface area contributed by atoms with E-state index in [2.05, 4.69) is 31.9 Å². The van der Waals surface area contributed by atoms with Crippen molar-refractivity contribution in [3.05, 3.63) is 29.8 Å². The first-order valence-corrected chi connectivity index (χ1v) is 5.32. The number of rotatable bonds is 0. The fourth-order valence-corrected chi connectivity index (χ4v) is 1.90. The van der Waals surface area contributed by atoms with Crippen LogP contribution in [0.1, 0.15) is 10.4 Å². The Morgan fingerprint density at radius 1 is 1.17 bits per heavy atom. The van der Waals surface area contributed by atoms with Gasteiger partial charge in [0.1, 0.15) is 0 Å². The minimum Gasteiger partial charge on any atom is -0.336 e. The smallest absolute Gasteiger partial charge is 0.175 e. The number of fused-ring (bicyclic) bond motifs is 1. The van der Waals surface area contributed by atoms with Crippen molar-refractivity contribution >= 4 is 31.9 Å². The number of alkyl halides is 2. The zero-order valence-corrected chi connectivity index (χ0v) is 9.21. The molecule has 1 aromatic carbocycles. The Morgan fingerprint density at radius 3 is 2.75 bits per heavy atom. The van der Waals surface area contributed by atoms with Crippen LogP contribution in [-0.4, -0.2) is 5.01 Å². The Kier molecular flexibility index (Phi) is 2.39. The van der Waals surface area contributed by atoms with Gasteiger partial charge in [-0.05, 0) is 6.07 Å². The van der Waals surface area contributed by atoms with Gasteiger partial charge in [-0.3, -0.25) is 0 Å². The minimum atomic E-state index is -0.132. The van der Waals surface area contributed by atoms with E-state index in [0.717, 1.165) is 11.3 Å². The lowest BCUT2D eigenvalue weighted by Crippen LogP contribution is -2.19. The molecule has 0 fully saturated rings. The molecule has 2 rings (SSSR count). The normalized spacial score (nSPS) is 27.5. The molecule has 2 nitrogen and oxygen atoms in total. The van der Waals surface area contributed by atoms with Crippen LogP contribution in [-0.2, 0) is 4.89 Å². The molecule has 0 bridgehead atoms. The summed E-state index contributed by atoms with van der Waals surface area (Å²) in [5.41, 5.74) is 1.10. The summed E-state index contributed by atoms with van der Waals surface area (Å²) in [7, 11) is 0. The van der Waals surface area contributed by atoms with Crippen LogP contribution in [0.2, 0.25) is 0 Å². The summed E-state index contributed by atoms with van der Waals surface area (Å²) in [6.45, 7) is 0. The summed E-state index contributed by atoms with van der Waals surface area (Å²) in [4.78, 5) is 10.2. The van der Waals surface area contributed by atoms with Crippen LogP contribution in [0.4, 0.5) is 0 Å². The maximum Gasteiger partial charge on any atom is 0.175 e. The highest BCUT2D eigenvalue weighted by molar-refractivity contribution is 9.12. The van der Waals surface area contributed by atoms with Crippen molar-refractivity contribution in [1.29, 1.82) is 0 Å². The van der Waals surface area contributed by atoms with Crippen LogP contribution >= 0.6 is 31.9 Å². The third kappa shape index (κ3) is 1.39. The molecule has 2 unspecified atom stereocenters. The van der Waals surface area contributed by atoms with Gasteiger partial charge in [0.2, 0.25) is 0 Å².